The maximum absolute atomic E-state index is 12.4. The average Bonchev–Trinajstić information content (AvgIpc) is 3.19. The van der Waals surface area contributed by atoms with Crippen molar-refractivity contribution in [1.29, 1.82) is 0 Å². The number of nitrogens with zero attached hydrogens (tertiary/aromatic N) is 2. The number of benzene rings is 3. The van der Waals surface area contributed by atoms with Crippen molar-refractivity contribution in [2.45, 2.75) is 6.42 Å². The van der Waals surface area contributed by atoms with E-state index in [4.69, 9.17) is 0 Å². The molecule has 0 fully saturated rings. The summed E-state index contributed by atoms with van der Waals surface area (Å²) in [5.41, 5.74) is 1.99. The minimum atomic E-state index is -0.199. The molecule has 150 valence electrons. The zero-order valence-electron chi connectivity index (χ0n) is 16.0. The molecule has 0 bridgehead atoms. The molecular formula is C23H19BrN4O2. The van der Waals surface area contributed by atoms with Crippen LogP contribution in [0.25, 0.3) is 16.5 Å². The number of carbonyl (C=O) groups excluding carboxylic acids is 2. The fraction of sp³-hybridized carbons (Fsp3) is 0.0870. The van der Waals surface area contributed by atoms with Crippen LogP contribution in [-0.2, 0) is 4.79 Å². The molecule has 30 heavy (non-hydrogen) atoms. The van der Waals surface area contributed by atoms with Gasteiger partial charge in [-0.05, 0) is 51.0 Å². The molecule has 0 atom stereocenters. The molecule has 0 radical (unpaired) electrons. The van der Waals surface area contributed by atoms with Gasteiger partial charge in [-0.3, -0.25) is 9.59 Å². The number of fused-ring (bicyclic) bond motifs is 1. The molecule has 0 unspecified atom stereocenters. The van der Waals surface area contributed by atoms with Gasteiger partial charge >= 0.3 is 0 Å². The number of hydrogen-bond donors (Lipinski definition) is 2. The van der Waals surface area contributed by atoms with E-state index in [1.165, 1.54) is 0 Å². The zero-order valence-corrected chi connectivity index (χ0v) is 17.6. The molecule has 1 aromatic heterocycles. The summed E-state index contributed by atoms with van der Waals surface area (Å²) in [6.07, 6.45) is 3.66. The van der Waals surface area contributed by atoms with E-state index < -0.39 is 0 Å². The molecule has 0 aliphatic rings. The van der Waals surface area contributed by atoms with Gasteiger partial charge in [0.25, 0.3) is 5.91 Å². The first kappa shape index (κ1) is 19.8. The van der Waals surface area contributed by atoms with Crippen LogP contribution in [0, 0.1) is 0 Å². The minimum absolute atomic E-state index is 0.163. The molecule has 2 N–H and O–H groups in total. The summed E-state index contributed by atoms with van der Waals surface area (Å²) in [4.78, 5) is 24.8. The van der Waals surface area contributed by atoms with Gasteiger partial charge in [0.2, 0.25) is 5.91 Å². The van der Waals surface area contributed by atoms with Crippen LogP contribution in [0.2, 0.25) is 0 Å². The third-order valence-corrected chi connectivity index (χ3v) is 5.03. The highest BCUT2D eigenvalue weighted by Crippen LogP contribution is 2.21. The van der Waals surface area contributed by atoms with E-state index in [-0.39, 0.29) is 24.8 Å². The van der Waals surface area contributed by atoms with Crippen LogP contribution in [0.15, 0.2) is 83.6 Å². The van der Waals surface area contributed by atoms with Crippen LogP contribution in [-0.4, -0.2) is 28.1 Å². The normalized spacial score (nSPS) is 10.7. The first-order chi connectivity index (χ1) is 14.6. The number of carbonyl (C=O) groups is 2. The highest BCUT2D eigenvalue weighted by atomic mass is 79.9. The Bertz CT molecular complexity index is 1220. The topological polar surface area (TPSA) is 76.0 Å². The lowest BCUT2D eigenvalue weighted by molar-refractivity contribution is -0.116. The molecule has 2 amide bonds. The number of anilines is 1. The van der Waals surface area contributed by atoms with Crippen LogP contribution in [0.3, 0.4) is 0 Å². The Hall–Kier alpha value is -3.45. The molecule has 7 heteroatoms. The average molecular weight is 463 g/mol. The summed E-state index contributed by atoms with van der Waals surface area (Å²) < 4.78 is 2.53. The Balaban J connectivity index is 1.34. The van der Waals surface area contributed by atoms with E-state index in [1.54, 1.807) is 16.9 Å². The number of hydrogen-bond acceptors (Lipinski definition) is 3. The summed E-state index contributed by atoms with van der Waals surface area (Å²) in [6.45, 7) is 0.243. The van der Waals surface area contributed by atoms with Crippen LogP contribution in [0.1, 0.15) is 16.8 Å². The van der Waals surface area contributed by atoms with Crippen molar-refractivity contribution in [3.8, 4) is 5.69 Å². The SMILES string of the molecule is O=C(CCNC(=O)c1ccc2ccccc2c1)Nc1ccccc1-n1cc(Br)cn1. The quantitative estimate of drug-likeness (QED) is 0.441. The summed E-state index contributed by atoms with van der Waals surface area (Å²) in [5, 5.41) is 12.0. The summed E-state index contributed by atoms with van der Waals surface area (Å²) in [7, 11) is 0. The second kappa shape index (κ2) is 8.92. The number of halogens is 1. The molecule has 6 nitrogen and oxygen atoms in total. The predicted molar refractivity (Wildman–Crippen MR) is 121 cm³/mol. The van der Waals surface area contributed by atoms with Crippen molar-refractivity contribution in [3.05, 3.63) is 89.2 Å². The van der Waals surface area contributed by atoms with Crippen molar-refractivity contribution in [2.75, 3.05) is 11.9 Å². The molecule has 0 saturated carbocycles. The molecule has 3 aromatic carbocycles. The monoisotopic (exact) mass is 462 g/mol. The molecule has 1 heterocycles. The van der Waals surface area contributed by atoms with E-state index in [2.05, 4.69) is 31.7 Å². The Kier molecular flexibility index (Phi) is 5.90. The van der Waals surface area contributed by atoms with Gasteiger partial charge in [0.05, 0.1) is 22.0 Å². The van der Waals surface area contributed by atoms with E-state index in [1.807, 2.05) is 66.9 Å². The number of aromatic nitrogens is 2. The molecule has 0 spiro atoms. The maximum atomic E-state index is 12.4. The third kappa shape index (κ3) is 4.58. The Morgan fingerprint density at radius 1 is 0.967 bits per heavy atom. The third-order valence-electron chi connectivity index (χ3n) is 4.63. The fourth-order valence-electron chi connectivity index (χ4n) is 3.15. The maximum Gasteiger partial charge on any atom is 0.251 e. The van der Waals surface area contributed by atoms with E-state index in [9.17, 15) is 9.59 Å². The van der Waals surface area contributed by atoms with Gasteiger partial charge in [-0.2, -0.15) is 5.10 Å². The lowest BCUT2D eigenvalue weighted by atomic mass is 10.1. The molecule has 4 rings (SSSR count). The Morgan fingerprint density at radius 3 is 2.53 bits per heavy atom. The van der Waals surface area contributed by atoms with Gasteiger partial charge < -0.3 is 10.6 Å². The largest absolute Gasteiger partial charge is 0.352 e. The minimum Gasteiger partial charge on any atom is -0.352 e. The summed E-state index contributed by atoms with van der Waals surface area (Å²) >= 11 is 3.37. The molecule has 0 aliphatic heterocycles. The van der Waals surface area contributed by atoms with Crippen LogP contribution in [0.4, 0.5) is 5.69 Å². The predicted octanol–water partition coefficient (Wildman–Crippen LogP) is 4.55. The van der Waals surface area contributed by atoms with Crippen molar-refractivity contribution < 1.29 is 9.59 Å². The van der Waals surface area contributed by atoms with Crippen molar-refractivity contribution in [2.24, 2.45) is 0 Å². The highest BCUT2D eigenvalue weighted by molar-refractivity contribution is 9.10. The zero-order chi connectivity index (χ0) is 20.9. The van der Waals surface area contributed by atoms with Gasteiger partial charge in [0.1, 0.15) is 0 Å². The number of para-hydroxylation sites is 2. The van der Waals surface area contributed by atoms with Gasteiger partial charge in [0.15, 0.2) is 0 Å². The Labute approximate surface area is 182 Å². The molecule has 4 aromatic rings. The van der Waals surface area contributed by atoms with Crippen LogP contribution in [0.5, 0.6) is 0 Å². The van der Waals surface area contributed by atoms with Gasteiger partial charge in [-0.25, -0.2) is 4.68 Å². The van der Waals surface area contributed by atoms with Crippen molar-refractivity contribution in [3.63, 3.8) is 0 Å². The molecule has 0 saturated heterocycles. The van der Waals surface area contributed by atoms with Gasteiger partial charge in [0, 0.05) is 24.7 Å². The van der Waals surface area contributed by atoms with Crippen molar-refractivity contribution >= 4 is 44.2 Å². The van der Waals surface area contributed by atoms with Crippen LogP contribution >= 0.6 is 15.9 Å². The fourth-order valence-corrected chi connectivity index (χ4v) is 3.43. The summed E-state index contributed by atoms with van der Waals surface area (Å²) in [6, 6.07) is 20.8. The Morgan fingerprint density at radius 2 is 1.73 bits per heavy atom. The van der Waals surface area contributed by atoms with Crippen LogP contribution < -0.4 is 10.6 Å². The second-order valence-electron chi connectivity index (χ2n) is 6.74. The van der Waals surface area contributed by atoms with Gasteiger partial charge in [-0.15, -0.1) is 0 Å². The number of amides is 2. The number of nitrogens with one attached hydrogen (secondary N) is 2. The van der Waals surface area contributed by atoms with Gasteiger partial charge in [-0.1, -0.05) is 42.5 Å². The van der Waals surface area contributed by atoms with E-state index in [0.717, 1.165) is 20.9 Å². The summed E-state index contributed by atoms with van der Waals surface area (Å²) in [5.74, 6) is -0.386. The second-order valence-corrected chi connectivity index (χ2v) is 7.65. The van der Waals surface area contributed by atoms with E-state index in [0.29, 0.717) is 11.3 Å². The first-order valence-corrected chi connectivity index (χ1v) is 10.3. The van der Waals surface area contributed by atoms with E-state index >= 15 is 0 Å². The molecular weight excluding hydrogens is 444 g/mol. The lowest BCUT2D eigenvalue weighted by Crippen LogP contribution is -2.27. The standard InChI is InChI=1S/C23H19BrN4O2/c24-19-14-26-28(15-19)21-8-4-3-7-20(21)27-22(29)11-12-25-23(30)18-10-9-16-5-1-2-6-17(16)13-18/h1-10,13-15H,11-12H2,(H,25,30)(H,27,29). The molecule has 0 aliphatic carbocycles. The smallest absolute Gasteiger partial charge is 0.251 e. The number of rotatable bonds is 6. The lowest BCUT2D eigenvalue weighted by Gasteiger charge is -2.11. The van der Waals surface area contributed by atoms with Crippen molar-refractivity contribution in [1.82, 2.24) is 15.1 Å². The highest BCUT2D eigenvalue weighted by Gasteiger charge is 2.11. The first-order valence-electron chi connectivity index (χ1n) is 9.46.